The van der Waals surface area contributed by atoms with E-state index in [9.17, 15) is 19.5 Å². The van der Waals surface area contributed by atoms with Crippen LogP contribution in [0.25, 0.3) is 0 Å². The molecular weight excluding hydrogens is 382 g/mol. The van der Waals surface area contributed by atoms with Crippen molar-refractivity contribution in [3.63, 3.8) is 0 Å². The Bertz CT molecular complexity index is 731. The highest BCUT2D eigenvalue weighted by molar-refractivity contribution is 5.79. The summed E-state index contributed by atoms with van der Waals surface area (Å²) in [6.07, 6.45) is 2.19. The molecule has 164 valence electrons. The molecule has 3 rings (SSSR count). The zero-order valence-corrected chi connectivity index (χ0v) is 17.8. The molecule has 0 spiro atoms. The van der Waals surface area contributed by atoms with Gasteiger partial charge in [-0.3, -0.25) is 19.3 Å². The standard InChI is InChI=1S/C23H33N3O4/c1-18(27)25-13-11-24(12-14-25)9-7-21-17-26(10-8-20(21)16-23(29)30)22(28)15-19-5-3-2-4-6-19/h2-6,20-21H,7-17H2,1H3,(H,29,30)/t20-,21-/m0/s1. The van der Waals surface area contributed by atoms with Crippen molar-refractivity contribution >= 4 is 17.8 Å². The van der Waals surface area contributed by atoms with Gasteiger partial charge in [0.25, 0.3) is 0 Å². The van der Waals surface area contributed by atoms with Crippen molar-refractivity contribution in [2.75, 3.05) is 45.8 Å². The Morgan fingerprint density at radius 3 is 2.30 bits per heavy atom. The second-order valence-corrected chi connectivity index (χ2v) is 8.55. The van der Waals surface area contributed by atoms with Crippen LogP contribution in [-0.2, 0) is 20.8 Å². The van der Waals surface area contributed by atoms with Crippen LogP contribution >= 0.6 is 0 Å². The first kappa shape index (κ1) is 22.3. The molecule has 2 amide bonds. The highest BCUT2D eigenvalue weighted by Gasteiger charge is 2.33. The van der Waals surface area contributed by atoms with Crippen LogP contribution < -0.4 is 0 Å². The predicted octanol–water partition coefficient (Wildman–Crippen LogP) is 1.72. The SMILES string of the molecule is CC(=O)N1CCN(CC[C@H]2CN(C(=O)Cc3ccccc3)CC[C@H]2CC(=O)O)CC1. The Balaban J connectivity index is 1.55. The minimum Gasteiger partial charge on any atom is -0.481 e. The van der Waals surface area contributed by atoms with Gasteiger partial charge in [-0.05, 0) is 36.8 Å². The summed E-state index contributed by atoms with van der Waals surface area (Å²) in [5.41, 5.74) is 1.01. The van der Waals surface area contributed by atoms with Gasteiger partial charge in [-0.1, -0.05) is 30.3 Å². The molecule has 0 unspecified atom stereocenters. The van der Waals surface area contributed by atoms with E-state index in [2.05, 4.69) is 4.90 Å². The second kappa shape index (κ2) is 10.6. The van der Waals surface area contributed by atoms with E-state index < -0.39 is 5.97 Å². The molecule has 1 N–H and O–H groups in total. The number of piperidine rings is 1. The van der Waals surface area contributed by atoms with Gasteiger partial charge in [0, 0.05) is 52.6 Å². The summed E-state index contributed by atoms with van der Waals surface area (Å²) in [4.78, 5) is 41.8. The van der Waals surface area contributed by atoms with Crippen molar-refractivity contribution in [3.8, 4) is 0 Å². The van der Waals surface area contributed by atoms with E-state index >= 15 is 0 Å². The largest absolute Gasteiger partial charge is 0.481 e. The molecule has 2 aliphatic rings. The van der Waals surface area contributed by atoms with Crippen molar-refractivity contribution in [3.05, 3.63) is 35.9 Å². The van der Waals surface area contributed by atoms with Gasteiger partial charge in [-0.15, -0.1) is 0 Å². The van der Waals surface area contributed by atoms with Crippen LogP contribution in [-0.4, -0.2) is 83.4 Å². The fourth-order valence-electron chi connectivity index (χ4n) is 4.64. The van der Waals surface area contributed by atoms with Crippen molar-refractivity contribution in [2.45, 2.75) is 32.6 Å². The van der Waals surface area contributed by atoms with E-state index in [0.717, 1.165) is 51.1 Å². The molecule has 0 aromatic heterocycles. The van der Waals surface area contributed by atoms with Crippen LogP contribution in [0.15, 0.2) is 30.3 Å². The van der Waals surface area contributed by atoms with Gasteiger partial charge in [0.15, 0.2) is 0 Å². The third-order valence-electron chi connectivity index (χ3n) is 6.51. The number of amides is 2. The number of rotatable bonds is 7. The smallest absolute Gasteiger partial charge is 0.303 e. The molecule has 30 heavy (non-hydrogen) atoms. The first-order valence-electron chi connectivity index (χ1n) is 10.9. The van der Waals surface area contributed by atoms with Crippen LogP contribution in [0.2, 0.25) is 0 Å². The lowest BCUT2D eigenvalue weighted by atomic mass is 9.81. The van der Waals surface area contributed by atoms with Crippen molar-refractivity contribution in [1.82, 2.24) is 14.7 Å². The van der Waals surface area contributed by atoms with E-state index in [1.54, 1.807) is 6.92 Å². The van der Waals surface area contributed by atoms with Crippen LogP contribution in [0.5, 0.6) is 0 Å². The van der Waals surface area contributed by atoms with Gasteiger partial charge in [0.2, 0.25) is 11.8 Å². The van der Waals surface area contributed by atoms with Gasteiger partial charge >= 0.3 is 5.97 Å². The Hall–Kier alpha value is -2.41. The normalized spacial score (nSPS) is 22.7. The lowest BCUT2D eigenvalue weighted by molar-refractivity contribution is -0.140. The molecule has 0 bridgehead atoms. The van der Waals surface area contributed by atoms with Gasteiger partial charge < -0.3 is 14.9 Å². The molecule has 7 nitrogen and oxygen atoms in total. The topological polar surface area (TPSA) is 81.2 Å². The summed E-state index contributed by atoms with van der Waals surface area (Å²) in [7, 11) is 0. The van der Waals surface area contributed by atoms with Gasteiger partial charge in [0.1, 0.15) is 0 Å². The Kier molecular flexibility index (Phi) is 7.85. The third kappa shape index (κ3) is 6.29. The maximum Gasteiger partial charge on any atom is 0.303 e. The minimum absolute atomic E-state index is 0.113. The molecule has 2 atom stereocenters. The lowest BCUT2D eigenvalue weighted by Gasteiger charge is -2.40. The molecule has 2 fully saturated rings. The number of aliphatic carboxylic acids is 1. The lowest BCUT2D eigenvalue weighted by Crippen LogP contribution is -2.49. The number of piperazine rings is 1. The Morgan fingerprint density at radius 2 is 1.67 bits per heavy atom. The molecule has 7 heteroatoms. The van der Waals surface area contributed by atoms with Crippen LogP contribution in [0.1, 0.15) is 31.7 Å². The monoisotopic (exact) mass is 415 g/mol. The quantitative estimate of drug-likeness (QED) is 0.733. The number of hydrogen-bond donors (Lipinski definition) is 1. The number of carboxylic acids is 1. The zero-order chi connectivity index (χ0) is 21.5. The Morgan fingerprint density at radius 1 is 0.967 bits per heavy atom. The molecule has 2 heterocycles. The van der Waals surface area contributed by atoms with Crippen molar-refractivity contribution in [1.29, 1.82) is 0 Å². The number of carbonyl (C=O) groups is 3. The van der Waals surface area contributed by atoms with E-state index in [0.29, 0.717) is 19.5 Å². The van der Waals surface area contributed by atoms with E-state index in [4.69, 9.17) is 0 Å². The first-order valence-corrected chi connectivity index (χ1v) is 10.9. The number of nitrogens with zero attached hydrogens (tertiary/aromatic N) is 3. The molecule has 0 aliphatic carbocycles. The molecule has 1 aromatic carbocycles. The van der Waals surface area contributed by atoms with Crippen molar-refractivity contribution in [2.24, 2.45) is 11.8 Å². The summed E-state index contributed by atoms with van der Waals surface area (Å²) in [6.45, 7) is 6.97. The summed E-state index contributed by atoms with van der Waals surface area (Å²) >= 11 is 0. The first-order chi connectivity index (χ1) is 14.4. The predicted molar refractivity (Wildman–Crippen MR) is 114 cm³/mol. The van der Waals surface area contributed by atoms with Crippen LogP contribution in [0.3, 0.4) is 0 Å². The van der Waals surface area contributed by atoms with E-state index in [1.807, 2.05) is 40.1 Å². The number of carboxylic acid groups (broad SMARTS) is 1. The van der Waals surface area contributed by atoms with Gasteiger partial charge in [0.05, 0.1) is 6.42 Å². The fraction of sp³-hybridized carbons (Fsp3) is 0.609. The van der Waals surface area contributed by atoms with E-state index in [-0.39, 0.29) is 30.1 Å². The molecule has 2 aliphatic heterocycles. The average molecular weight is 416 g/mol. The molecular formula is C23H33N3O4. The Labute approximate surface area is 178 Å². The van der Waals surface area contributed by atoms with Crippen LogP contribution in [0.4, 0.5) is 0 Å². The second-order valence-electron chi connectivity index (χ2n) is 8.55. The average Bonchev–Trinajstić information content (AvgIpc) is 2.73. The molecule has 0 radical (unpaired) electrons. The molecule has 2 saturated heterocycles. The summed E-state index contributed by atoms with van der Waals surface area (Å²) in [5, 5.41) is 9.32. The number of benzene rings is 1. The fourth-order valence-corrected chi connectivity index (χ4v) is 4.64. The van der Waals surface area contributed by atoms with E-state index in [1.165, 1.54) is 0 Å². The number of hydrogen-bond acceptors (Lipinski definition) is 4. The molecule has 1 aromatic rings. The van der Waals surface area contributed by atoms with Crippen molar-refractivity contribution < 1.29 is 19.5 Å². The summed E-state index contributed by atoms with van der Waals surface area (Å²) in [6, 6.07) is 9.75. The molecule has 0 saturated carbocycles. The highest BCUT2D eigenvalue weighted by atomic mass is 16.4. The highest BCUT2D eigenvalue weighted by Crippen LogP contribution is 2.30. The summed E-state index contributed by atoms with van der Waals surface area (Å²) in [5.74, 6) is -0.211. The summed E-state index contributed by atoms with van der Waals surface area (Å²) < 4.78 is 0. The number of carbonyl (C=O) groups excluding carboxylic acids is 2. The third-order valence-corrected chi connectivity index (χ3v) is 6.51. The van der Waals surface area contributed by atoms with Gasteiger partial charge in [-0.25, -0.2) is 0 Å². The minimum atomic E-state index is -0.760. The number of likely N-dealkylation sites (tertiary alicyclic amines) is 1. The maximum atomic E-state index is 12.8. The van der Waals surface area contributed by atoms with Gasteiger partial charge in [-0.2, -0.15) is 0 Å². The maximum absolute atomic E-state index is 12.8. The zero-order valence-electron chi connectivity index (χ0n) is 17.8. The van der Waals surface area contributed by atoms with Crippen LogP contribution in [0, 0.1) is 11.8 Å².